The number of amides is 1. The van der Waals surface area contributed by atoms with E-state index in [9.17, 15) is 18.0 Å². The molecule has 1 fully saturated rings. The van der Waals surface area contributed by atoms with Crippen molar-refractivity contribution >= 4 is 28.7 Å². The molecule has 162 valence electrons. The molecule has 1 aliphatic rings. The monoisotopic (exact) mass is 446 g/mol. The van der Waals surface area contributed by atoms with Gasteiger partial charge in [-0.1, -0.05) is 12.1 Å². The molecule has 31 heavy (non-hydrogen) atoms. The molecule has 0 bridgehead atoms. The predicted octanol–water partition coefficient (Wildman–Crippen LogP) is 4.74. The van der Waals surface area contributed by atoms with Crippen molar-refractivity contribution in [2.75, 3.05) is 36.4 Å². The summed E-state index contributed by atoms with van der Waals surface area (Å²) >= 11 is 1.76. The number of aromatic nitrogens is 1. The number of anilines is 2. The summed E-state index contributed by atoms with van der Waals surface area (Å²) in [5, 5.41) is 4.69. The third kappa shape index (κ3) is 5.42. The molecule has 0 radical (unpaired) electrons. The average Bonchev–Trinajstić information content (AvgIpc) is 3.27. The maximum atomic E-state index is 12.8. The zero-order valence-corrected chi connectivity index (χ0v) is 17.4. The Balaban J connectivity index is 1.33. The van der Waals surface area contributed by atoms with E-state index in [1.165, 1.54) is 23.2 Å². The topological polar surface area (TPSA) is 48.5 Å². The van der Waals surface area contributed by atoms with Crippen LogP contribution in [-0.2, 0) is 12.7 Å². The number of rotatable bonds is 5. The Bertz CT molecular complexity index is 1010. The van der Waals surface area contributed by atoms with Gasteiger partial charge in [0.25, 0.3) is 5.91 Å². The van der Waals surface area contributed by atoms with Crippen LogP contribution in [0.15, 0.2) is 60.1 Å². The van der Waals surface area contributed by atoms with Gasteiger partial charge in [-0.05, 0) is 41.8 Å². The van der Waals surface area contributed by atoms with Crippen molar-refractivity contribution in [1.29, 1.82) is 0 Å². The normalized spacial score (nSPS) is 15.1. The van der Waals surface area contributed by atoms with Gasteiger partial charge in [-0.2, -0.15) is 13.2 Å². The third-order valence-electron chi connectivity index (χ3n) is 5.11. The van der Waals surface area contributed by atoms with E-state index in [1.54, 1.807) is 17.4 Å². The van der Waals surface area contributed by atoms with Crippen LogP contribution < -0.4 is 10.2 Å². The number of hydrogen-bond acceptors (Lipinski definition) is 5. The number of piperazine rings is 1. The summed E-state index contributed by atoms with van der Waals surface area (Å²) in [6, 6.07) is 12.1. The summed E-state index contributed by atoms with van der Waals surface area (Å²) in [4.78, 5) is 22.7. The Kier molecular flexibility index (Phi) is 6.24. The number of nitrogens with one attached hydrogen (secondary N) is 1. The number of pyridine rings is 1. The van der Waals surface area contributed by atoms with Crippen LogP contribution in [0.3, 0.4) is 0 Å². The minimum atomic E-state index is -4.49. The van der Waals surface area contributed by atoms with Crippen LogP contribution in [0.2, 0.25) is 0 Å². The van der Waals surface area contributed by atoms with Gasteiger partial charge in [-0.3, -0.25) is 9.69 Å². The number of carbonyl (C=O) groups is 1. The summed E-state index contributed by atoms with van der Waals surface area (Å²) in [5.41, 5.74) is -0.477. The number of thiophene rings is 1. The molecule has 0 spiro atoms. The minimum Gasteiger partial charge on any atom is -0.354 e. The second-order valence-corrected chi connectivity index (χ2v) is 8.31. The van der Waals surface area contributed by atoms with Gasteiger partial charge >= 0.3 is 6.18 Å². The second-order valence-electron chi connectivity index (χ2n) is 7.28. The molecule has 3 heterocycles. The Hall–Kier alpha value is -2.91. The Morgan fingerprint density at radius 1 is 1.06 bits per heavy atom. The molecule has 1 aliphatic heterocycles. The fourth-order valence-electron chi connectivity index (χ4n) is 3.45. The van der Waals surface area contributed by atoms with Crippen molar-refractivity contribution in [2.45, 2.75) is 12.7 Å². The first-order chi connectivity index (χ1) is 14.9. The van der Waals surface area contributed by atoms with E-state index in [0.717, 1.165) is 50.7 Å². The molecule has 1 N–H and O–H groups in total. The lowest BCUT2D eigenvalue weighted by Crippen LogP contribution is -2.46. The van der Waals surface area contributed by atoms with Crippen molar-refractivity contribution in [1.82, 2.24) is 9.88 Å². The van der Waals surface area contributed by atoms with Crippen molar-refractivity contribution < 1.29 is 18.0 Å². The number of halogens is 3. The largest absolute Gasteiger partial charge is 0.416 e. The SMILES string of the molecule is O=C(Nc1ccc(N2CCN(Cc3cccs3)CC2)nc1)c1cccc(C(F)(F)F)c1. The van der Waals surface area contributed by atoms with Crippen molar-refractivity contribution in [3.8, 4) is 0 Å². The zero-order valence-electron chi connectivity index (χ0n) is 16.6. The quantitative estimate of drug-likeness (QED) is 0.615. The van der Waals surface area contributed by atoms with Gasteiger partial charge in [0.15, 0.2) is 0 Å². The van der Waals surface area contributed by atoms with Crippen LogP contribution in [0.4, 0.5) is 24.7 Å². The maximum absolute atomic E-state index is 12.8. The van der Waals surface area contributed by atoms with Crippen LogP contribution in [0, 0.1) is 0 Å². The number of hydrogen-bond donors (Lipinski definition) is 1. The fourth-order valence-corrected chi connectivity index (χ4v) is 4.19. The molecule has 1 saturated heterocycles. The molecule has 4 rings (SSSR count). The molecule has 0 atom stereocenters. The molecule has 0 aliphatic carbocycles. The Morgan fingerprint density at radius 3 is 2.52 bits per heavy atom. The Labute approximate surface area is 182 Å². The van der Waals surface area contributed by atoms with Gasteiger partial charge in [-0.25, -0.2) is 4.98 Å². The highest BCUT2D eigenvalue weighted by Crippen LogP contribution is 2.29. The molecular formula is C22H21F3N4OS. The molecule has 1 amide bonds. The summed E-state index contributed by atoms with van der Waals surface area (Å²) < 4.78 is 38.5. The summed E-state index contributed by atoms with van der Waals surface area (Å²) in [5.74, 6) is 0.204. The zero-order chi connectivity index (χ0) is 21.8. The van der Waals surface area contributed by atoms with E-state index in [-0.39, 0.29) is 5.56 Å². The van der Waals surface area contributed by atoms with Crippen LogP contribution >= 0.6 is 11.3 Å². The first kappa shape index (κ1) is 21.3. The van der Waals surface area contributed by atoms with E-state index < -0.39 is 17.6 Å². The molecule has 0 unspecified atom stereocenters. The van der Waals surface area contributed by atoms with E-state index >= 15 is 0 Å². The van der Waals surface area contributed by atoms with Gasteiger partial charge < -0.3 is 10.2 Å². The highest BCUT2D eigenvalue weighted by Gasteiger charge is 2.30. The van der Waals surface area contributed by atoms with E-state index in [0.29, 0.717) is 5.69 Å². The fraction of sp³-hybridized carbons (Fsp3) is 0.273. The van der Waals surface area contributed by atoms with Crippen molar-refractivity contribution in [3.05, 3.63) is 76.1 Å². The van der Waals surface area contributed by atoms with E-state index in [2.05, 4.69) is 37.6 Å². The Morgan fingerprint density at radius 2 is 1.87 bits per heavy atom. The van der Waals surface area contributed by atoms with Gasteiger partial charge in [-0.15, -0.1) is 11.3 Å². The summed E-state index contributed by atoms with van der Waals surface area (Å²) in [7, 11) is 0. The van der Waals surface area contributed by atoms with Gasteiger partial charge in [0, 0.05) is 43.2 Å². The first-order valence-electron chi connectivity index (χ1n) is 9.83. The smallest absolute Gasteiger partial charge is 0.354 e. The average molecular weight is 446 g/mol. The van der Waals surface area contributed by atoms with Crippen molar-refractivity contribution in [3.63, 3.8) is 0 Å². The lowest BCUT2D eigenvalue weighted by Gasteiger charge is -2.35. The molecular weight excluding hydrogens is 425 g/mol. The second kappa shape index (κ2) is 9.07. The molecule has 9 heteroatoms. The van der Waals surface area contributed by atoms with Crippen LogP contribution in [0.25, 0.3) is 0 Å². The lowest BCUT2D eigenvalue weighted by molar-refractivity contribution is -0.137. The van der Waals surface area contributed by atoms with E-state index in [1.807, 2.05) is 6.07 Å². The number of alkyl halides is 3. The van der Waals surface area contributed by atoms with Crippen LogP contribution in [0.1, 0.15) is 20.8 Å². The minimum absolute atomic E-state index is 0.0548. The van der Waals surface area contributed by atoms with Gasteiger partial charge in [0.1, 0.15) is 5.82 Å². The molecule has 5 nitrogen and oxygen atoms in total. The summed E-state index contributed by atoms with van der Waals surface area (Å²) in [6.45, 7) is 4.54. The standard InChI is InChI=1S/C22H21F3N4OS/c23-22(24,25)17-4-1-3-16(13-17)21(30)27-18-6-7-20(26-14-18)29-10-8-28(9-11-29)15-19-5-2-12-31-19/h1-7,12-14H,8-11,15H2,(H,27,30). The van der Waals surface area contributed by atoms with Gasteiger partial charge in [0.05, 0.1) is 17.4 Å². The molecule has 0 saturated carbocycles. The summed E-state index contributed by atoms with van der Waals surface area (Å²) in [6.07, 6.45) is -2.97. The third-order valence-corrected chi connectivity index (χ3v) is 5.97. The highest BCUT2D eigenvalue weighted by molar-refractivity contribution is 7.09. The van der Waals surface area contributed by atoms with E-state index in [4.69, 9.17) is 0 Å². The molecule has 2 aromatic heterocycles. The molecule has 3 aromatic rings. The first-order valence-corrected chi connectivity index (χ1v) is 10.7. The predicted molar refractivity (Wildman–Crippen MR) is 115 cm³/mol. The maximum Gasteiger partial charge on any atom is 0.416 e. The molecule has 1 aromatic carbocycles. The number of benzene rings is 1. The van der Waals surface area contributed by atoms with Crippen LogP contribution in [-0.4, -0.2) is 42.0 Å². The highest BCUT2D eigenvalue weighted by atomic mass is 32.1. The van der Waals surface area contributed by atoms with Crippen molar-refractivity contribution in [2.24, 2.45) is 0 Å². The number of nitrogens with zero attached hydrogens (tertiary/aromatic N) is 3. The van der Waals surface area contributed by atoms with Gasteiger partial charge in [0.2, 0.25) is 0 Å². The number of carbonyl (C=O) groups excluding carboxylic acids is 1. The lowest BCUT2D eigenvalue weighted by atomic mass is 10.1. The van der Waals surface area contributed by atoms with Crippen LogP contribution in [0.5, 0.6) is 0 Å².